The average molecular weight is 261 g/mol. The maximum absolute atomic E-state index is 6.16. The van der Waals surface area contributed by atoms with Crippen LogP contribution >= 0.6 is 11.3 Å². The lowest BCUT2D eigenvalue weighted by Gasteiger charge is -2.36. The maximum Gasteiger partial charge on any atom is 0.186 e. The summed E-state index contributed by atoms with van der Waals surface area (Å²) in [6, 6.07) is 8.71. The fourth-order valence-corrected chi connectivity index (χ4v) is 3.65. The predicted octanol–water partition coefficient (Wildman–Crippen LogP) is 2.86. The Balaban J connectivity index is 1.86. The summed E-state index contributed by atoms with van der Waals surface area (Å²) in [4.78, 5) is 7.14. The van der Waals surface area contributed by atoms with E-state index in [0.29, 0.717) is 12.0 Å². The van der Waals surface area contributed by atoms with Gasteiger partial charge in [0.1, 0.15) is 0 Å². The number of para-hydroxylation sites is 1. The molecule has 3 rings (SSSR count). The van der Waals surface area contributed by atoms with Crippen molar-refractivity contribution in [2.75, 3.05) is 18.0 Å². The summed E-state index contributed by atoms with van der Waals surface area (Å²) in [6.45, 7) is 4.32. The van der Waals surface area contributed by atoms with Gasteiger partial charge in [0.15, 0.2) is 5.13 Å². The molecule has 18 heavy (non-hydrogen) atoms. The van der Waals surface area contributed by atoms with Crippen LogP contribution in [-0.4, -0.2) is 24.1 Å². The van der Waals surface area contributed by atoms with Crippen LogP contribution in [0.4, 0.5) is 5.13 Å². The van der Waals surface area contributed by atoms with Gasteiger partial charge < -0.3 is 10.6 Å². The summed E-state index contributed by atoms with van der Waals surface area (Å²) in [5.74, 6) is 0.603. The van der Waals surface area contributed by atoms with Crippen LogP contribution in [0.25, 0.3) is 10.2 Å². The van der Waals surface area contributed by atoms with Gasteiger partial charge in [-0.3, -0.25) is 0 Å². The molecule has 0 bridgehead atoms. The zero-order valence-corrected chi connectivity index (χ0v) is 11.5. The van der Waals surface area contributed by atoms with E-state index in [1.165, 1.54) is 4.70 Å². The molecule has 0 radical (unpaired) electrons. The third kappa shape index (κ3) is 2.10. The van der Waals surface area contributed by atoms with E-state index < -0.39 is 0 Å². The second-order valence-electron chi connectivity index (χ2n) is 5.03. The van der Waals surface area contributed by atoms with Crippen LogP contribution in [0.15, 0.2) is 24.3 Å². The Kier molecular flexibility index (Phi) is 3.22. The standard InChI is InChI=1S/C14H19N3S/c1-2-10-9-17(8-7-11(10)15)14-16-12-5-3-4-6-13(12)18-14/h3-6,10-11H,2,7-9,15H2,1H3. The van der Waals surface area contributed by atoms with Gasteiger partial charge in [-0.05, 0) is 24.5 Å². The highest BCUT2D eigenvalue weighted by Gasteiger charge is 2.26. The number of nitrogens with zero attached hydrogens (tertiary/aromatic N) is 2. The monoisotopic (exact) mass is 261 g/mol. The van der Waals surface area contributed by atoms with Gasteiger partial charge in [-0.15, -0.1) is 0 Å². The van der Waals surface area contributed by atoms with E-state index in [9.17, 15) is 0 Å². The number of benzene rings is 1. The van der Waals surface area contributed by atoms with E-state index in [4.69, 9.17) is 10.7 Å². The number of hydrogen-bond acceptors (Lipinski definition) is 4. The lowest BCUT2D eigenvalue weighted by Crippen LogP contribution is -2.46. The number of piperidine rings is 1. The number of nitrogens with two attached hydrogens (primary N) is 1. The second kappa shape index (κ2) is 4.86. The first-order valence-corrected chi connectivity index (χ1v) is 7.45. The van der Waals surface area contributed by atoms with E-state index in [2.05, 4.69) is 30.0 Å². The number of anilines is 1. The summed E-state index contributed by atoms with van der Waals surface area (Å²) < 4.78 is 1.27. The van der Waals surface area contributed by atoms with Gasteiger partial charge in [-0.1, -0.05) is 36.8 Å². The molecule has 2 unspecified atom stereocenters. The molecule has 0 aliphatic carbocycles. The lowest BCUT2D eigenvalue weighted by molar-refractivity contribution is 0.348. The third-order valence-electron chi connectivity index (χ3n) is 3.87. The number of hydrogen-bond donors (Lipinski definition) is 1. The molecule has 96 valence electrons. The molecule has 1 aliphatic heterocycles. The Morgan fingerprint density at radius 1 is 1.44 bits per heavy atom. The Labute approximate surface area is 112 Å². The van der Waals surface area contributed by atoms with Crippen molar-refractivity contribution in [3.63, 3.8) is 0 Å². The quantitative estimate of drug-likeness (QED) is 0.904. The number of fused-ring (bicyclic) bond motifs is 1. The molecule has 1 aliphatic rings. The molecule has 1 aromatic carbocycles. The summed E-state index contributed by atoms with van der Waals surface area (Å²) in [7, 11) is 0. The van der Waals surface area contributed by atoms with E-state index in [1.807, 2.05) is 6.07 Å². The zero-order valence-electron chi connectivity index (χ0n) is 10.7. The molecule has 2 aromatic rings. The third-order valence-corrected chi connectivity index (χ3v) is 4.97. The average Bonchev–Trinajstić information content (AvgIpc) is 2.83. The van der Waals surface area contributed by atoms with Crippen molar-refractivity contribution >= 4 is 26.7 Å². The number of thiazole rings is 1. The maximum atomic E-state index is 6.16. The SMILES string of the molecule is CCC1CN(c2nc3ccccc3s2)CCC1N. The first-order chi connectivity index (χ1) is 8.78. The van der Waals surface area contributed by atoms with Crippen LogP contribution in [-0.2, 0) is 0 Å². The topological polar surface area (TPSA) is 42.2 Å². The van der Waals surface area contributed by atoms with Crippen LogP contribution < -0.4 is 10.6 Å². The number of rotatable bonds is 2. The predicted molar refractivity (Wildman–Crippen MR) is 78.2 cm³/mol. The minimum atomic E-state index is 0.362. The van der Waals surface area contributed by atoms with Crippen molar-refractivity contribution in [2.24, 2.45) is 11.7 Å². The molecule has 2 atom stereocenters. The summed E-state index contributed by atoms with van der Waals surface area (Å²) >= 11 is 1.79. The highest BCUT2D eigenvalue weighted by Crippen LogP contribution is 2.31. The van der Waals surface area contributed by atoms with Crippen molar-refractivity contribution in [3.8, 4) is 0 Å². The molecule has 1 saturated heterocycles. The van der Waals surface area contributed by atoms with Crippen LogP contribution in [0, 0.1) is 5.92 Å². The summed E-state index contributed by atoms with van der Waals surface area (Å²) in [5, 5.41) is 1.15. The second-order valence-corrected chi connectivity index (χ2v) is 6.04. The lowest BCUT2D eigenvalue weighted by atomic mass is 9.91. The highest BCUT2D eigenvalue weighted by molar-refractivity contribution is 7.22. The smallest absolute Gasteiger partial charge is 0.186 e. The molecule has 1 fully saturated rings. The van der Waals surface area contributed by atoms with Crippen molar-refractivity contribution < 1.29 is 0 Å². The molecular weight excluding hydrogens is 242 g/mol. The van der Waals surface area contributed by atoms with Gasteiger partial charge in [0.2, 0.25) is 0 Å². The van der Waals surface area contributed by atoms with E-state index >= 15 is 0 Å². The highest BCUT2D eigenvalue weighted by atomic mass is 32.1. The molecule has 1 aromatic heterocycles. The molecule has 2 N–H and O–H groups in total. The molecule has 0 spiro atoms. The van der Waals surface area contributed by atoms with Crippen LogP contribution in [0.2, 0.25) is 0 Å². The van der Waals surface area contributed by atoms with Crippen molar-refractivity contribution in [1.82, 2.24) is 4.98 Å². The van der Waals surface area contributed by atoms with Gasteiger partial charge >= 0.3 is 0 Å². The molecule has 3 nitrogen and oxygen atoms in total. The Morgan fingerprint density at radius 3 is 3.06 bits per heavy atom. The van der Waals surface area contributed by atoms with Gasteiger partial charge in [0.25, 0.3) is 0 Å². The van der Waals surface area contributed by atoms with Crippen LogP contribution in [0.3, 0.4) is 0 Å². The van der Waals surface area contributed by atoms with E-state index in [1.54, 1.807) is 11.3 Å². The van der Waals surface area contributed by atoms with Gasteiger partial charge in [0.05, 0.1) is 10.2 Å². The minimum Gasteiger partial charge on any atom is -0.348 e. The largest absolute Gasteiger partial charge is 0.348 e. The van der Waals surface area contributed by atoms with Crippen LogP contribution in [0.1, 0.15) is 19.8 Å². The van der Waals surface area contributed by atoms with Crippen molar-refractivity contribution in [1.29, 1.82) is 0 Å². The fourth-order valence-electron chi connectivity index (χ4n) is 2.65. The molecular formula is C14H19N3S. The first kappa shape index (κ1) is 11.9. The normalized spacial score (nSPS) is 24.7. The molecule has 0 amide bonds. The summed E-state index contributed by atoms with van der Waals surface area (Å²) in [5.41, 5.74) is 7.27. The van der Waals surface area contributed by atoms with Crippen LogP contribution in [0.5, 0.6) is 0 Å². The van der Waals surface area contributed by atoms with Gasteiger partial charge in [-0.2, -0.15) is 0 Å². The molecule has 4 heteroatoms. The Hall–Kier alpha value is -1.13. The van der Waals surface area contributed by atoms with Crippen molar-refractivity contribution in [2.45, 2.75) is 25.8 Å². The summed E-state index contributed by atoms with van der Waals surface area (Å²) in [6.07, 6.45) is 2.23. The van der Waals surface area contributed by atoms with E-state index in [-0.39, 0.29) is 0 Å². The van der Waals surface area contributed by atoms with E-state index in [0.717, 1.165) is 36.6 Å². The fraction of sp³-hybridized carbons (Fsp3) is 0.500. The number of aromatic nitrogens is 1. The zero-order chi connectivity index (χ0) is 12.5. The Morgan fingerprint density at radius 2 is 2.28 bits per heavy atom. The first-order valence-electron chi connectivity index (χ1n) is 6.64. The molecule has 2 heterocycles. The molecule has 0 saturated carbocycles. The van der Waals surface area contributed by atoms with Gasteiger partial charge in [0, 0.05) is 19.1 Å². The minimum absolute atomic E-state index is 0.362. The van der Waals surface area contributed by atoms with Crippen molar-refractivity contribution in [3.05, 3.63) is 24.3 Å². The Bertz CT molecular complexity index is 504. The van der Waals surface area contributed by atoms with Gasteiger partial charge in [-0.25, -0.2) is 4.98 Å².